The van der Waals surface area contributed by atoms with Gasteiger partial charge >= 0.3 is 0 Å². The predicted octanol–water partition coefficient (Wildman–Crippen LogP) is 2.68. The van der Waals surface area contributed by atoms with Gasteiger partial charge in [0.1, 0.15) is 5.69 Å². The summed E-state index contributed by atoms with van der Waals surface area (Å²) in [6.45, 7) is 3.69. The highest BCUT2D eigenvalue weighted by Crippen LogP contribution is 2.27. The number of fused-ring (bicyclic) bond motifs is 1. The second-order valence-electron chi connectivity index (χ2n) is 6.90. The third kappa shape index (κ3) is 3.14. The van der Waals surface area contributed by atoms with Crippen molar-refractivity contribution in [2.45, 2.75) is 25.8 Å². The summed E-state index contributed by atoms with van der Waals surface area (Å²) in [5, 5.41) is 8.60. The first-order chi connectivity index (χ1) is 12.6. The molecule has 0 radical (unpaired) electrons. The van der Waals surface area contributed by atoms with E-state index in [4.69, 9.17) is 0 Å². The standard InChI is InChI=1S/C20H23N5O/c1-14-12-19(24(2)23-14)20(26)22-15-6-5-11-25(13-15)18-9-10-21-17-8-4-3-7-16(17)18/h3-4,7-10,12,15H,5-6,11,13H2,1-2H3,(H,22,26). The van der Waals surface area contributed by atoms with Gasteiger partial charge in [-0.25, -0.2) is 0 Å². The molecule has 3 heterocycles. The van der Waals surface area contributed by atoms with Crippen molar-refractivity contribution >= 4 is 22.5 Å². The first-order valence-electron chi connectivity index (χ1n) is 9.02. The van der Waals surface area contributed by atoms with Gasteiger partial charge in [0, 0.05) is 43.4 Å². The van der Waals surface area contributed by atoms with Crippen molar-refractivity contribution in [3.63, 3.8) is 0 Å². The quantitative estimate of drug-likeness (QED) is 0.790. The molecule has 1 unspecified atom stereocenters. The topological polar surface area (TPSA) is 63.1 Å². The zero-order valence-electron chi connectivity index (χ0n) is 15.1. The molecular weight excluding hydrogens is 326 g/mol. The Morgan fingerprint density at radius 2 is 2.12 bits per heavy atom. The van der Waals surface area contributed by atoms with Crippen LogP contribution in [0.2, 0.25) is 0 Å². The van der Waals surface area contributed by atoms with Crippen molar-refractivity contribution in [2.75, 3.05) is 18.0 Å². The Hall–Kier alpha value is -2.89. The van der Waals surface area contributed by atoms with Crippen LogP contribution in [0.1, 0.15) is 29.0 Å². The highest BCUT2D eigenvalue weighted by molar-refractivity contribution is 5.93. The van der Waals surface area contributed by atoms with Gasteiger partial charge < -0.3 is 10.2 Å². The SMILES string of the molecule is Cc1cc(C(=O)NC2CCCN(c3ccnc4ccccc34)C2)n(C)n1. The van der Waals surface area contributed by atoms with Crippen molar-refractivity contribution < 1.29 is 4.79 Å². The van der Waals surface area contributed by atoms with Crippen molar-refractivity contribution in [2.24, 2.45) is 7.05 Å². The molecule has 1 N–H and O–H groups in total. The van der Waals surface area contributed by atoms with Crippen LogP contribution in [0.3, 0.4) is 0 Å². The van der Waals surface area contributed by atoms with Gasteiger partial charge in [-0.05, 0) is 38.0 Å². The molecule has 26 heavy (non-hydrogen) atoms. The Labute approximate surface area is 152 Å². The molecule has 1 atom stereocenters. The summed E-state index contributed by atoms with van der Waals surface area (Å²) in [6, 6.07) is 12.2. The number of hydrogen-bond acceptors (Lipinski definition) is 4. The van der Waals surface area contributed by atoms with Gasteiger partial charge in [-0.15, -0.1) is 0 Å². The number of nitrogens with zero attached hydrogens (tertiary/aromatic N) is 4. The third-order valence-electron chi connectivity index (χ3n) is 4.96. The van der Waals surface area contributed by atoms with E-state index in [1.807, 2.05) is 37.4 Å². The monoisotopic (exact) mass is 349 g/mol. The second-order valence-corrected chi connectivity index (χ2v) is 6.90. The summed E-state index contributed by atoms with van der Waals surface area (Å²) in [5.41, 5.74) is 3.65. The molecule has 1 fully saturated rings. The summed E-state index contributed by atoms with van der Waals surface area (Å²) in [6.07, 6.45) is 3.90. The fourth-order valence-corrected chi connectivity index (χ4v) is 3.75. The first-order valence-corrected chi connectivity index (χ1v) is 9.02. The number of benzene rings is 1. The number of carbonyl (C=O) groups is 1. The van der Waals surface area contributed by atoms with E-state index in [-0.39, 0.29) is 11.9 Å². The van der Waals surface area contributed by atoms with Crippen LogP contribution < -0.4 is 10.2 Å². The number of pyridine rings is 1. The summed E-state index contributed by atoms with van der Waals surface area (Å²) in [5.74, 6) is -0.0560. The minimum atomic E-state index is -0.0560. The number of piperidine rings is 1. The van der Waals surface area contributed by atoms with Gasteiger partial charge in [-0.3, -0.25) is 14.5 Å². The van der Waals surface area contributed by atoms with Crippen LogP contribution in [0.15, 0.2) is 42.6 Å². The van der Waals surface area contributed by atoms with Gasteiger partial charge in [0.15, 0.2) is 0 Å². The predicted molar refractivity (Wildman–Crippen MR) is 102 cm³/mol. The van der Waals surface area contributed by atoms with E-state index in [2.05, 4.69) is 32.4 Å². The molecule has 1 amide bonds. The zero-order valence-corrected chi connectivity index (χ0v) is 15.1. The summed E-state index contributed by atoms with van der Waals surface area (Å²) in [4.78, 5) is 19.4. The van der Waals surface area contributed by atoms with Crippen LogP contribution in [0, 0.1) is 6.92 Å². The maximum Gasteiger partial charge on any atom is 0.269 e. The molecule has 1 saturated heterocycles. The zero-order chi connectivity index (χ0) is 18.1. The van der Waals surface area contributed by atoms with Gasteiger partial charge in [0.2, 0.25) is 0 Å². The fourth-order valence-electron chi connectivity index (χ4n) is 3.75. The number of anilines is 1. The average molecular weight is 349 g/mol. The first kappa shape index (κ1) is 16.6. The number of hydrogen-bond donors (Lipinski definition) is 1. The molecule has 0 spiro atoms. The normalized spacial score (nSPS) is 17.5. The Morgan fingerprint density at radius 1 is 1.27 bits per heavy atom. The molecule has 0 aliphatic carbocycles. The van der Waals surface area contributed by atoms with Crippen LogP contribution in [-0.4, -0.2) is 39.8 Å². The molecule has 1 aromatic carbocycles. The van der Waals surface area contributed by atoms with Crippen molar-refractivity contribution in [1.29, 1.82) is 0 Å². The molecule has 3 aromatic rings. The molecule has 4 rings (SSSR count). The van der Waals surface area contributed by atoms with Gasteiger partial charge in [-0.2, -0.15) is 5.10 Å². The second kappa shape index (κ2) is 6.78. The van der Waals surface area contributed by atoms with E-state index in [0.29, 0.717) is 5.69 Å². The van der Waals surface area contributed by atoms with E-state index < -0.39 is 0 Å². The van der Waals surface area contributed by atoms with Crippen LogP contribution in [0.5, 0.6) is 0 Å². The maximum atomic E-state index is 12.6. The minimum Gasteiger partial charge on any atom is -0.369 e. The van der Waals surface area contributed by atoms with E-state index in [0.717, 1.165) is 42.5 Å². The van der Waals surface area contributed by atoms with E-state index in [9.17, 15) is 4.79 Å². The summed E-state index contributed by atoms with van der Waals surface area (Å²) < 4.78 is 1.64. The number of amides is 1. The number of carbonyl (C=O) groups excluding carboxylic acids is 1. The Kier molecular flexibility index (Phi) is 4.32. The van der Waals surface area contributed by atoms with Crippen LogP contribution in [0.4, 0.5) is 5.69 Å². The van der Waals surface area contributed by atoms with Crippen molar-refractivity contribution in [3.8, 4) is 0 Å². The van der Waals surface area contributed by atoms with Gasteiger partial charge in [0.25, 0.3) is 5.91 Å². The minimum absolute atomic E-state index is 0.0560. The fraction of sp³-hybridized carbons (Fsp3) is 0.350. The summed E-state index contributed by atoms with van der Waals surface area (Å²) >= 11 is 0. The van der Waals surface area contributed by atoms with Crippen LogP contribution in [-0.2, 0) is 7.05 Å². The highest BCUT2D eigenvalue weighted by atomic mass is 16.2. The lowest BCUT2D eigenvalue weighted by molar-refractivity contribution is 0.0923. The van der Waals surface area contributed by atoms with Crippen molar-refractivity contribution in [1.82, 2.24) is 20.1 Å². The lowest BCUT2D eigenvalue weighted by Gasteiger charge is -2.35. The molecule has 2 aromatic heterocycles. The Morgan fingerprint density at radius 3 is 2.92 bits per heavy atom. The maximum absolute atomic E-state index is 12.6. The average Bonchev–Trinajstić information content (AvgIpc) is 3.00. The van der Waals surface area contributed by atoms with Gasteiger partial charge in [0.05, 0.1) is 11.2 Å². The van der Waals surface area contributed by atoms with E-state index >= 15 is 0 Å². The molecule has 6 heteroatoms. The summed E-state index contributed by atoms with van der Waals surface area (Å²) in [7, 11) is 1.80. The van der Waals surface area contributed by atoms with E-state index in [1.54, 1.807) is 11.7 Å². The lowest BCUT2D eigenvalue weighted by Crippen LogP contribution is -2.48. The van der Waals surface area contributed by atoms with Crippen LogP contribution in [0.25, 0.3) is 10.9 Å². The molecule has 0 bridgehead atoms. The number of nitrogens with one attached hydrogen (secondary N) is 1. The number of aryl methyl sites for hydroxylation is 2. The van der Waals surface area contributed by atoms with Crippen molar-refractivity contribution in [3.05, 3.63) is 54.0 Å². The number of aromatic nitrogens is 3. The smallest absolute Gasteiger partial charge is 0.269 e. The molecule has 1 aliphatic rings. The van der Waals surface area contributed by atoms with Gasteiger partial charge in [-0.1, -0.05) is 18.2 Å². The Balaban J connectivity index is 1.52. The molecule has 134 valence electrons. The lowest BCUT2D eigenvalue weighted by atomic mass is 10.0. The molecule has 1 aliphatic heterocycles. The number of para-hydroxylation sites is 1. The largest absolute Gasteiger partial charge is 0.369 e. The highest BCUT2D eigenvalue weighted by Gasteiger charge is 2.24. The molecular formula is C20H23N5O. The van der Waals surface area contributed by atoms with Crippen LogP contribution >= 0.6 is 0 Å². The van der Waals surface area contributed by atoms with E-state index in [1.165, 1.54) is 5.69 Å². The molecule has 0 saturated carbocycles. The molecule has 6 nitrogen and oxygen atoms in total. The Bertz CT molecular complexity index is 943. The number of rotatable bonds is 3. The third-order valence-corrected chi connectivity index (χ3v) is 4.96.